The van der Waals surface area contributed by atoms with Gasteiger partial charge < -0.3 is 10.6 Å². The molecule has 1 heterocycles. The number of hydrogen-bond donors (Lipinski definition) is 2. The number of anilines is 1. The van der Waals surface area contributed by atoms with Crippen molar-refractivity contribution in [2.45, 2.75) is 32.9 Å². The molecule has 1 aromatic heterocycles. The summed E-state index contributed by atoms with van der Waals surface area (Å²) in [6, 6.07) is 25.5. The number of amides is 1. The highest BCUT2D eigenvalue weighted by Crippen LogP contribution is 2.32. The summed E-state index contributed by atoms with van der Waals surface area (Å²) in [6.45, 7) is 3.34. The Labute approximate surface area is 181 Å². The van der Waals surface area contributed by atoms with Crippen LogP contribution in [0.2, 0.25) is 0 Å². The molecule has 30 heavy (non-hydrogen) atoms. The lowest BCUT2D eigenvalue weighted by molar-refractivity contribution is -0.121. The zero-order valence-electron chi connectivity index (χ0n) is 17.2. The second kappa shape index (κ2) is 9.59. The first-order chi connectivity index (χ1) is 14.7. The fourth-order valence-electron chi connectivity index (χ4n) is 3.59. The third kappa shape index (κ3) is 4.89. The third-order valence-corrected chi connectivity index (χ3v) is 6.06. The van der Waals surface area contributed by atoms with Crippen LogP contribution < -0.4 is 10.6 Å². The molecule has 1 amide bonds. The first kappa shape index (κ1) is 20.2. The Kier molecular flexibility index (Phi) is 6.45. The SMILES string of the molecule is CCCC(=O)NCc1cc(-c2cccs2)cc2ccc(NCc3ccccc3)cc12. The predicted octanol–water partition coefficient (Wildman–Crippen LogP) is 6.60. The standard InChI is InChI=1S/C26H26N2OS/c1-2-7-26(29)28-18-22-15-21(25-10-6-13-30-25)14-20-11-12-23(16-24(20)22)27-17-19-8-4-3-5-9-19/h3-6,8-16,27H,2,7,17-18H2,1H3,(H,28,29). The minimum Gasteiger partial charge on any atom is -0.381 e. The first-order valence-corrected chi connectivity index (χ1v) is 11.3. The van der Waals surface area contributed by atoms with E-state index in [4.69, 9.17) is 0 Å². The lowest BCUT2D eigenvalue weighted by atomic mass is 9.99. The van der Waals surface area contributed by atoms with E-state index >= 15 is 0 Å². The highest BCUT2D eigenvalue weighted by molar-refractivity contribution is 7.13. The van der Waals surface area contributed by atoms with Crippen molar-refractivity contribution in [3.8, 4) is 10.4 Å². The van der Waals surface area contributed by atoms with Crippen molar-refractivity contribution < 1.29 is 4.79 Å². The second-order valence-corrected chi connectivity index (χ2v) is 8.36. The molecule has 0 radical (unpaired) electrons. The molecule has 3 nitrogen and oxygen atoms in total. The van der Waals surface area contributed by atoms with E-state index in [0.29, 0.717) is 13.0 Å². The molecule has 3 aromatic carbocycles. The van der Waals surface area contributed by atoms with Crippen LogP contribution in [0, 0.1) is 0 Å². The summed E-state index contributed by atoms with van der Waals surface area (Å²) in [5.74, 6) is 0.102. The molecule has 0 aliphatic rings. The van der Waals surface area contributed by atoms with Gasteiger partial charge in [0, 0.05) is 30.1 Å². The molecule has 4 aromatic rings. The van der Waals surface area contributed by atoms with Gasteiger partial charge in [-0.2, -0.15) is 0 Å². The van der Waals surface area contributed by atoms with Crippen LogP contribution in [0.5, 0.6) is 0 Å². The highest BCUT2D eigenvalue weighted by Gasteiger charge is 2.09. The number of rotatable bonds is 8. The summed E-state index contributed by atoms with van der Waals surface area (Å²) in [4.78, 5) is 13.3. The summed E-state index contributed by atoms with van der Waals surface area (Å²) < 4.78 is 0. The molecule has 4 rings (SSSR count). The van der Waals surface area contributed by atoms with Crippen molar-refractivity contribution in [3.05, 3.63) is 89.3 Å². The van der Waals surface area contributed by atoms with Gasteiger partial charge >= 0.3 is 0 Å². The number of benzene rings is 3. The molecular formula is C26H26N2OS. The Morgan fingerprint density at radius 1 is 0.933 bits per heavy atom. The quantitative estimate of drug-likeness (QED) is 0.341. The summed E-state index contributed by atoms with van der Waals surface area (Å²) >= 11 is 1.74. The maximum absolute atomic E-state index is 12.1. The molecule has 0 aliphatic carbocycles. The average Bonchev–Trinajstić information content (AvgIpc) is 3.32. The topological polar surface area (TPSA) is 41.1 Å². The number of fused-ring (bicyclic) bond motifs is 1. The van der Waals surface area contributed by atoms with Crippen molar-refractivity contribution in [2.75, 3.05) is 5.32 Å². The lowest BCUT2D eigenvalue weighted by Gasteiger charge is -2.13. The smallest absolute Gasteiger partial charge is 0.220 e. The second-order valence-electron chi connectivity index (χ2n) is 7.41. The molecular weight excluding hydrogens is 388 g/mol. The van der Waals surface area contributed by atoms with Gasteiger partial charge in [0.25, 0.3) is 0 Å². The molecule has 152 valence electrons. The van der Waals surface area contributed by atoms with E-state index in [2.05, 4.69) is 82.7 Å². The van der Waals surface area contributed by atoms with Gasteiger partial charge in [-0.3, -0.25) is 4.79 Å². The van der Waals surface area contributed by atoms with Crippen molar-refractivity contribution in [1.82, 2.24) is 5.32 Å². The fourth-order valence-corrected chi connectivity index (χ4v) is 4.30. The summed E-state index contributed by atoms with van der Waals surface area (Å²) in [6.07, 6.45) is 1.42. The Balaban J connectivity index is 1.64. The van der Waals surface area contributed by atoms with E-state index in [-0.39, 0.29) is 5.91 Å². The van der Waals surface area contributed by atoms with Crippen molar-refractivity contribution in [1.29, 1.82) is 0 Å². The predicted molar refractivity (Wildman–Crippen MR) is 128 cm³/mol. The summed E-state index contributed by atoms with van der Waals surface area (Å²) in [5.41, 5.74) is 4.67. The van der Waals surface area contributed by atoms with Crippen LogP contribution in [0.4, 0.5) is 5.69 Å². The van der Waals surface area contributed by atoms with Crippen molar-refractivity contribution >= 4 is 33.7 Å². The van der Waals surface area contributed by atoms with E-state index in [1.54, 1.807) is 11.3 Å². The Bertz CT molecular complexity index is 1120. The van der Waals surface area contributed by atoms with Crippen LogP contribution in [-0.4, -0.2) is 5.91 Å². The normalized spacial score (nSPS) is 10.8. The number of hydrogen-bond acceptors (Lipinski definition) is 3. The van der Waals surface area contributed by atoms with Gasteiger partial charge in [-0.15, -0.1) is 11.3 Å². The fraction of sp³-hybridized carbons (Fsp3) is 0.192. The summed E-state index contributed by atoms with van der Waals surface area (Å²) in [5, 5.41) is 11.1. The van der Waals surface area contributed by atoms with Crippen LogP contribution >= 0.6 is 11.3 Å². The largest absolute Gasteiger partial charge is 0.381 e. The molecule has 0 fully saturated rings. The molecule has 0 saturated carbocycles. The van der Waals surface area contributed by atoms with Gasteiger partial charge in [-0.25, -0.2) is 0 Å². The molecule has 4 heteroatoms. The Morgan fingerprint density at radius 3 is 2.57 bits per heavy atom. The molecule has 0 saturated heterocycles. The van der Waals surface area contributed by atoms with Crippen LogP contribution in [0.1, 0.15) is 30.9 Å². The van der Waals surface area contributed by atoms with Crippen molar-refractivity contribution in [2.24, 2.45) is 0 Å². The van der Waals surface area contributed by atoms with Crippen LogP contribution in [0.25, 0.3) is 21.2 Å². The molecule has 2 N–H and O–H groups in total. The number of thiophene rings is 1. The van der Waals surface area contributed by atoms with Gasteiger partial charge in [0.15, 0.2) is 0 Å². The monoisotopic (exact) mass is 414 g/mol. The van der Waals surface area contributed by atoms with E-state index < -0.39 is 0 Å². The van der Waals surface area contributed by atoms with Crippen molar-refractivity contribution in [3.63, 3.8) is 0 Å². The average molecular weight is 415 g/mol. The zero-order valence-corrected chi connectivity index (χ0v) is 18.0. The number of nitrogens with one attached hydrogen (secondary N) is 2. The van der Waals surface area contributed by atoms with Crippen LogP contribution in [-0.2, 0) is 17.9 Å². The number of carbonyl (C=O) groups is 1. The van der Waals surface area contributed by atoms with Gasteiger partial charge in [-0.1, -0.05) is 49.4 Å². The van der Waals surface area contributed by atoms with E-state index in [0.717, 1.165) is 24.2 Å². The van der Waals surface area contributed by atoms with Gasteiger partial charge in [0.2, 0.25) is 5.91 Å². The first-order valence-electron chi connectivity index (χ1n) is 10.4. The van der Waals surface area contributed by atoms with Crippen LogP contribution in [0.15, 0.2) is 78.2 Å². The van der Waals surface area contributed by atoms with E-state index in [9.17, 15) is 4.79 Å². The van der Waals surface area contributed by atoms with Gasteiger partial charge in [-0.05, 0) is 69.6 Å². The number of carbonyl (C=O) groups excluding carboxylic acids is 1. The third-order valence-electron chi connectivity index (χ3n) is 5.14. The Morgan fingerprint density at radius 2 is 1.80 bits per heavy atom. The molecule has 0 spiro atoms. The van der Waals surface area contributed by atoms with E-state index in [1.807, 2.05) is 13.0 Å². The Hall–Kier alpha value is -3.11. The summed E-state index contributed by atoms with van der Waals surface area (Å²) in [7, 11) is 0. The minimum atomic E-state index is 0.102. The maximum atomic E-state index is 12.1. The zero-order chi connectivity index (χ0) is 20.8. The molecule has 0 bridgehead atoms. The van der Waals surface area contributed by atoms with Gasteiger partial charge in [0.05, 0.1) is 0 Å². The maximum Gasteiger partial charge on any atom is 0.220 e. The highest BCUT2D eigenvalue weighted by atomic mass is 32.1. The van der Waals surface area contributed by atoms with E-state index in [1.165, 1.54) is 26.8 Å². The van der Waals surface area contributed by atoms with Gasteiger partial charge in [0.1, 0.15) is 0 Å². The lowest BCUT2D eigenvalue weighted by Crippen LogP contribution is -2.22. The molecule has 0 atom stereocenters. The molecule has 0 unspecified atom stereocenters. The minimum absolute atomic E-state index is 0.102. The van der Waals surface area contributed by atoms with Crippen LogP contribution in [0.3, 0.4) is 0 Å². The molecule has 0 aliphatic heterocycles.